The first-order chi connectivity index (χ1) is 12.6. The van der Waals surface area contributed by atoms with Crippen LogP contribution in [-0.2, 0) is 0 Å². The fourth-order valence-corrected chi connectivity index (χ4v) is 2.96. The number of benzene rings is 1. The molecule has 0 unspecified atom stereocenters. The Bertz CT molecular complexity index is 950. The average molecular weight is 355 g/mol. The molecule has 0 radical (unpaired) electrons. The van der Waals surface area contributed by atoms with Gasteiger partial charge >= 0.3 is 0 Å². The Balaban J connectivity index is 1.49. The van der Waals surface area contributed by atoms with Crippen LogP contribution in [0.25, 0.3) is 11.0 Å². The van der Waals surface area contributed by atoms with Crippen molar-refractivity contribution in [1.29, 1.82) is 0 Å². The van der Waals surface area contributed by atoms with E-state index < -0.39 is 4.92 Å². The lowest BCUT2D eigenvalue weighted by atomic mass is 10.3. The summed E-state index contributed by atoms with van der Waals surface area (Å²) in [6, 6.07) is 6.35. The van der Waals surface area contributed by atoms with Crippen molar-refractivity contribution in [3.8, 4) is 5.88 Å². The molecule has 3 aromatic rings. The number of piperazine rings is 1. The molecule has 10 nitrogen and oxygen atoms in total. The fraction of sp³-hybridized carbons (Fsp3) is 0.312. The van der Waals surface area contributed by atoms with Crippen molar-refractivity contribution in [2.45, 2.75) is 0 Å². The Morgan fingerprint density at radius 1 is 1.15 bits per heavy atom. The molecule has 0 aliphatic carbocycles. The molecule has 0 amide bonds. The molecule has 0 bridgehead atoms. The van der Waals surface area contributed by atoms with Crippen LogP contribution in [0.3, 0.4) is 0 Å². The highest BCUT2D eigenvalue weighted by molar-refractivity contribution is 5.80. The molecule has 1 fully saturated rings. The number of nitro benzene ring substituents is 1. The Labute approximate surface area is 148 Å². The molecule has 1 saturated heterocycles. The van der Waals surface area contributed by atoms with E-state index in [1.165, 1.54) is 12.1 Å². The summed E-state index contributed by atoms with van der Waals surface area (Å²) in [5.41, 5.74) is 1.42. The minimum Gasteiger partial charge on any atom is -0.481 e. The van der Waals surface area contributed by atoms with Crippen molar-refractivity contribution in [2.75, 3.05) is 43.1 Å². The van der Waals surface area contributed by atoms with Crippen molar-refractivity contribution in [2.24, 2.45) is 0 Å². The molecule has 0 atom stereocenters. The highest BCUT2D eigenvalue weighted by Crippen LogP contribution is 2.23. The number of ether oxygens (including phenoxy) is 1. The molecule has 1 aliphatic rings. The second-order valence-corrected chi connectivity index (χ2v) is 5.89. The Morgan fingerprint density at radius 3 is 2.65 bits per heavy atom. The summed E-state index contributed by atoms with van der Waals surface area (Å²) in [5.74, 6) is 1.90. The first-order valence-electron chi connectivity index (χ1n) is 8.15. The maximum absolute atomic E-state index is 10.9. The van der Waals surface area contributed by atoms with Crippen LogP contribution >= 0.6 is 0 Å². The molecule has 4 rings (SSSR count). The summed E-state index contributed by atoms with van der Waals surface area (Å²) in [7, 11) is 1.58. The Morgan fingerprint density at radius 2 is 1.92 bits per heavy atom. The van der Waals surface area contributed by atoms with Crippen LogP contribution in [0.15, 0.2) is 30.5 Å². The van der Waals surface area contributed by atoms with Crippen molar-refractivity contribution in [1.82, 2.24) is 19.9 Å². The van der Waals surface area contributed by atoms with E-state index in [0.717, 1.165) is 26.2 Å². The SMILES string of the molecule is COc1ccnc(N2CCN(c3nc4ccc([N+](=O)[O-])cc4[nH]3)CC2)n1. The van der Waals surface area contributed by atoms with Crippen LogP contribution in [-0.4, -0.2) is 58.1 Å². The zero-order chi connectivity index (χ0) is 18.1. The van der Waals surface area contributed by atoms with Gasteiger partial charge < -0.3 is 19.5 Å². The fourth-order valence-electron chi connectivity index (χ4n) is 2.96. The summed E-state index contributed by atoms with van der Waals surface area (Å²) in [4.78, 5) is 31.1. The van der Waals surface area contributed by atoms with Gasteiger partial charge in [0.05, 0.1) is 23.1 Å². The number of anilines is 2. The van der Waals surface area contributed by atoms with E-state index in [0.29, 0.717) is 28.8 Å². The second kappa shape index (κ2) is 6.47. The monoisotopic (exact) mass is 355 g/mol. The van der Waals surface area contributed by atoms with E-state index in [-0.39, 0.29) is 5.69 Å². The number of nitrogens with zero attached hydrogens (tertiary/aromatic N) is 6. The number of nitrogens with one attached hydrogen (secondary N) is 1. The summed E-state index contributed by atoms with van der Waals surface area (Å²) < 4.78 is 5.15. The molecule has 134 valence electrons. The van der Waals surface area contributed by atoms with Crippen molar-refractivity contribution in [3.05, 3.63) is 40.6 Å². The standard InChI is InChI=1S/C16H17N7O3/c1-26-14-4-5-17-15(20-14)21-6-8-22(9-7-21)16-18-12-3-2-11(23(24)25)10-13(12)19-16/h2-5,10H,6-9H2,1H3,(H,18,19). The lowest BCUT2D eigenvalue weighted by Crippen LogP contribution is -2.47. The van der Waals surface area contributed by atoms with Gasteiger partial charge in [0.25, 0.3) is 5.69 Å². The first kappa shape index (κ1) is 16.1. The normalized spacial score (nSPS) is 14.7. The zero-order valence-corrected chi connectivity index (χ0v) is 14.1. The molecular weight excluding hydrogens is 338 g/mol. The molecule has 2 aromatic heterocycles. The molecule has 1 aliphatic heterocycles. The number of nitro groups is 1. The third kappa shape index (κ3) is 2.96. The number of hydrogen-bond acceptors (Lipinski definition) is 8. The van der Waals surface area contributed by atoms with E-state index >= 15 is 0 Å². The van der Waals surface area contributed by atoms with Crippen molar-refractivity contribution in [3.63, 3.8) is 0 Å². The molecular formula is C16H17N7O3. The predicted molar refractivity (Wildman–Crippen MR) is 95.8 cm³/mol. The number of rotatable bonds is 4. The zero-order valence-electron chi connectivity index (χ0n) is 14.1. The Kier molecular flexibility index (Phi) is 3.99. The van der Waals surface area contributed by atoms with Crippen LogP contribution in [0.4, 0.5) is 17.6 Å². The maximum atomic E-state index is 10.9. The van der Waals surface area contributed by atoms with E-state index in [2.05, 4.69) is 29.7 Å². The summed E-state index contributed by atoms with van der Waals surface area (Å²) >= 11 is 0. The van der Waals surface area contributed by atoms with Gasteiger partial charge in [-0.15, -0.1) is 0 Å². The third-order valence-electron chi connectivity index (χ3n) is 4.35. The molecule has 0 saturated carbocycles. The van der Waals surface area contributed by atoms with Gasteiger partial charge in [0.15, 0.2) is 0 Å². The predicted octanol–water partition coefficient (Wildman–Crippen LogP) is 1.60. The van der Waals surface area contributed by atoms with Gasteiger partial charge in [-0.25, -0.2) is 9.97 Å². The van der Waals surface area contributed by atoms with Gasteiger partial charge in [0.1, 0.15) is 0 Å². The van der Waals surface area contributed by atoms with Gasteiger partial charge in [-0.2, -0.15) is 4.98 Å². The molecule has 0 spiro atoms. The smallest absolute Gasteiger partial charge is 0.271 e. The Hall–Kier alpha value is -3.43. The topological polar surface area (TPSA) is 113 Å². The number of methoxy groups -OCH3 is 1. The number of imidazole rings is 1. The van der Waals surface area contributed by atoms with Gasteiger partial charge in [-0.1, -0.05) is 0 Å². The number of aromatic amines is 1. The number of H-pyrrole nitrogens is 1. The van der Waals surface area contributed by atoms with Gasteiger partial charge in [-0.05, 0) is 6.07 Å². The lowest BCUT2D eigenvalue weighted by molar-refractivity contribution is -0.384. The van der Waals surface area contributed by atoms with E-state index in [4.69, 9.17) is 4.74 Å². The van der Waals surface area contributed by atoms with Crippen molar-refractivity contribution >= 4 is 28.6 Å². The number of aromatic nitrogens is 4. The largest absolute Gasteiger partial charge is 0.481 e. The van der Waals surface area contributed by atoms with E-state index in [9.17, 15) is 10.1 Å². The number of non-ortho nitro benzene ring substituents is 1. The quantitative estimate of drug-likeness (QED) is 0.554. The summed E-state index contributed by atoms with van der Waals surface area (Å²) in [5, 5.41) is 10.9. The second-order valence-electron chi connectivity index (χ2n) is 5.89. The van der Waals surface area contributed by atoms with Gasteiger partial charge in [-0.3, -0.25) is 10.1 Å². The van der Waals surface area contributed by atoms with Crippen LogP contribution < -0.4 is 14.5 Å². The van der Waals surface area contributed by atoms with Crippen molar-refractivity contribution < 1.29 is 9.66 Å². The van der Waals surface area contributed by atoms with E-state index in [1.807, 2.05) is 0 Å². The third-order valence-corrected chi connectivity index (χ3v) is 4.35. The van der Waals surface area contributed by atoms with Gasteiger partial charge in [0, 0.05) is 50.6 Å². The molecule has 26 heavy (non-hydrogen) atoms. The minimum atomic E-state index is -0.410. The van der Waals surface area contributed by atoms with E-state index in [1.54, 1.807) is 25.4 Å². The molecule has 1 N–H and O–H groups in total. The minimum absolute atomic E-state index is 0.0488. The van der Waals surface area contributed by atoms with Crippen LogP contribution in [0.2, 0.25) is 0 Å². The molecule has 1 aromatic carbocycles. The maximum Gasteiger partial charge on any atom is 0.271 e. The first-order valence-corrected chi connectivity index (χ1v) is 8.15. The number of hydrogen-bond donors (Lipinski definition) is 1. The highest BCUT2D eigenvalue weighted by Gasteiger charge is 2.22. The molecule has 10 heteroatoms. The summed E-state index contributed by atoms with van der Waals surface area (Å²) in [6.45, 7) is 2.96. The average Bonchev–Trinajstić information content (AvgIpc) is 3.11. The van der Waals surface area contributed by atoms with Crippen LogP contribution in [0, 0.1) is 10.1 Å². The highest BCUT2D eigenvalue weighted by atomic mass is 16.6. The lowest BCUT2D eigenvalue weighted by Gasteiger charge is -2.34. The number of fused-ring (bicyclic) bond motifs is 1. The van der Waals surface area contributed by atoms with Crippen LogP contribution in [0.1, 0.15) is 0 Å². The summed E-state index contributed by atoms with van der Waals surface area (Å²) in [6.07, 6.45) is 1.68. The van der Waals surface area contributed by atoms with Crippen LogP contribution in [0.5, 0.6) is 5.88 Å². The molecule has 3 heterocycles. The van der Waals surface area contributed by atoms with Gasteiger partial charge in [0.2, 0.25) is 17.8 Å².